The number of hydrogen-bond donors (Lipinski definition) is 1. The zero-order chi connectivity index (χ0) is 15.2. The summed E-state index contributed by atoms with van der Waals surface area (Å²) in [6, 6.07) is 7.99. The van der Waals surface area contributed by atoms with Crippen LogP contribution in [0.1, 0.15) is 49.0 Å². The van der Waals surface area contributed by atoms with Crippen molar-refractivity contribution in [2.24, 2.45) is 11.7 Å². The molecule has 2 rings (SSSR count). The fourth-order valence-corrected chi connectivity index (χ4v) is 2.31. The van der Waals surface area contributed by atoms with Crippen LogP contribution in [-0.4, -0.2) is 29.9 Å². The molecule has 0 spiro atoms. The Hall–Kier alpha value is -1.79. The number of carbonyl (C=O) groups excluding carboxylic acids is 1. The average molecular weight is 284 g/mol. The molecule has 0 bridgehead atoms. The first-order valence-corrected chi connectivity index (χ1v) is 7.72. The first kappa shape index (κ1) is 15.6. The number of benzene rings is 1. The predicted molar refractivity (Wildman–Crippen MR) is 85.9 cm³/mol. The van der Waals surface area contributed by atoms with Crippen molar-refractivity contribution in [2.75, 3.05) is 13.1 Å². The second-order valence-electron chi connectivity index (χ2n) is 5.96. The van der Waals surface area contributed by atoms with Gasteiger partial charge < -0.3 is 10.6 Å². The average Bonchev–Trinajstić information content (AvgIpc) is 3.30. The Balaban J connectivity index is 2.20. The number of hydrogen-bond acceptors (Lipinski definition) is 2. The second kappa shape index (κ2) is 7.28. The molecule has 0 aromatic heterocycles. The number of nitrogens with two attached hydrogens (primary N) is 1. The van der Waals surface area contributed by atoms with E-state index in [1.807, 2.05) is 29.2 Å². The van der Waals surface area contributed by atoms with Gasteiger partial charge in [-0.2, -0.15) is 0 Å². The zero-order valence-corrected chi connectivity index (χ0v) is 12.9. The summed E-state index contributed by atoms with van der Waals surface area (Å²) in [5, 5.41) is 0. The van der Waals surface area contributed by atoms with Gasteiger partial charge in [-0.15, -0.1) is 0 Å². The number of carbonyl (C=O) groups is 1. The minimum absolute atomic E-state index is 0.111. The third-order valence-electron chi connectivity index (χ3n) is 3.68. The summed E-state index contributed by atoms with van der Waals surface area (Å²) in [4.78, 5) is 14.9. The third-order valence-corrected chi connectivity index (χ3v) is 3.68. The Morgan fingerprint density at radius 2 is 2.10 bits per heavy atom. The van der Waals surface area contributed by atoms with Crippen molar-refractivity contribution in [2.45, 2.75) is 39.2 Å². The van der Waals surface area contributed by atoms with E-state index < -0.39 is 0 Å². The molecule has 0 saturated heterocycles. The van der Waals surface area contributed by atoms with Gasteiger partial charge in [0.1, 0.15) is 0 Å². The quantitative estimate of drug-likeness (QED) is 0.845. The minimum atomic E-state index is 0.111. The molecular weight excluding hydrogens is 260 g/mol. The fraction of sp³-hybridized carbons (Fsp3) is 0.500. The van der Waals surface area contributed by atoms with Gasteiger partial charge in [-0.25, -0.2) is 0 Å². The molecule has 0 unspecified atom stereocenters. The molecule has 2 N–H and O–H groups in total. The monoisotopic (exact) mass is 284 g/mol. The molecule has 3 heteroatoms. The topological polar surface area (TPSA) is 46.3 Å². The van der Waals surface area contributed by atoms with Gasteiger partial charge in [0.05, 0.1) is 12.1 Å². The Morgan fingerprint density at radius 3 is 2.71 bits per heavy atom. The summed E-state index contributed by atoms with van der Waals surface area (Å²) in [5.41, 5.74) is 6.92. The number of nitrogens with zero attached hydrogens (tertiary/aromatic N) is 1. The molecule has 1 amide bonds. The van der Waals surface area contributed by atoms with Gasteiger partial charge in [0.15, 0.2) is 0 Å². The van der Waals surface area contributed by atoms with E-state index in [1.165, 1.54) is 0 Å². The lowest BCUT2D eigenvalue weighted by atomic mass is 10.1. The van der Waals surface area contributed by atoms with E-state index in [0.717, 1.165) is 31.4 Å². The van der Waals surface area contributed by atoms with Crippen molar-refractivity contribution < 1.29 is 4.79 Å². The summed E-state index contributed by atoms with van der Waals surface area (Å²) in [6.45, 7) is 5.52. The van der Waals surface area contributed by atoms with Gasteiger partial charge in [-0.05, 0) is 37.3 Å². The highest BCUT2D eigenvalue weighted by Crippen LogP contribution is 2.29. The Bertz CT molecular complexity index is 550. The maximum absolute atomic E-state index is 12.8. The molecule has 3 nitrogen and oxygen atoms in total. The van der Waals surface area contributed by atoms with Crippen molar-refractivity contribution in [1.82, 2.24) is 4.90 Å². The van der Waals surface area contributed by atoms with E-state index in [4.69, 9.17) is 5.73 Å². The second-order valence-corrected chi connectivity index (χ2v) is 5.96. The van der Waals surface area contributed by atoms with Gasteiger partial charge in [0.25, 0.3) is 5.91 Å². The van der Waals surface area contributed by atoms with Crippen LogP contribution in [0.2, 0.25) is 0 Å². The van der Waals surface area contributed by atoms with E-state index in [9.17, 15) is 4.79 Å². The van der Waals surface area contributed by atoms with Crippen molar-refractivity contribution in [3.63, 3.8) is 0 Å². The van der Waals surface area contributed by atoms with Crippen LogP contribution < -0.4 is 5.73 Å². The SMILES string of the molecule is CC(C)CCN(C(=O)c1ccccc1C#CCN)C1CC1. The van der Waals surface area contributed by atoms with Crippen LogP contribution in [0.5, 0.6) is 0 Å². The maximum Gasteiger partial charge on any atom is 0.255 e. The smallest absolute Gasteiger partial charge is 0.255 e. The van der Waals surface area contributed by atoms with Crippen LogP contribution in [-0.2, 0) is 0 Å². The highest BCUT2D eigenvalue weighted by molar-refractivity contribution is 5.97. The van der Waals surface area contributed by atoms with E-state index in [2.05, 4.69) is 25.7 Å². The summed E-state index contributed by atoms with van der Waals surface area (Å²) >= 11 is 0. The maximum atomic E-state index is 12.8. The molecule has 1 aromatic rings. The molecule has 0 heterocycles. The molecule has 0 atom stereocenters. The van der Waals surface area contributed by atoms with E-state index in [1.54, 1.807) is 0 Å². The van der Waals surface area contributed by atoms with Gasteiger partial charge in [0, 0.05) is 18.2 Å². The predicted octanol–water partition coefficient (Wildman–Crippen LogP) is 2.65. The van der Waals surface area contributed by atoms with Gasteiger partial charge >= 0.3 is 0 Å². The first-order chi connectivity index (χ1) is 10.1. The van der Waals surface area contributed by atoms with Gasteiger partial charge in [-0.3, -0.25) is 4.79 Å². The third kappa shape index (κ3) is 4.34. The highest BCUT2D eigenvalue weighted by atomic mass is 16.2. The lowest BCUT2D eigenvalue weighted by molar-refractivity contribution is 0.0735. The lowest BCUT2D eigenvalue weighted by Gasteiger charge is -2.24. The molecule has 1 saturated carbocycles. The molecule has 21 heavy (non-hydrogen) atoms. The molecule has 112 valence electrons. The standard InChI is InChI=1S/C18H24N2O/c1-14(2)11-13-20(16-9-10-16)18(21)17-8-4-3-6-15(17)7-5-12-19/h3-4,6,8,14,16H,9-13,19H2,1-2H3. The van der Waals surface area contributed by atoms with Gasteiger partial charge in [0.2, 0.25) is 0 Å². The van der Waals surface area contributed by atoms with Crippen molar-refractivity contribution in [3.8, 4) is 11.8 Å². The van der Waals surface area contributed by atoms with Crippen molar-refractivity contribution in [3.05, 3.63) is 35.4 Å². The molecule has 1 fully saturated rings. The van der Waals surface area contributed by atoms with Crippen molar-refractivity contribution >= 4 is 5.91 Å². The Labute approximate surface area is 127 Å². The van der Waals surface area contributed by atoms with Crippen LogP contribution in [0, 0.1) is 17.8 Å². The largest absolute Gasteiger partial charge is 0.336 e. The number of rotatable bonds is 5. The van der Waals surface area contributed by atoms with E-state index in [-0.39, 0.29) is 5.91 Å². The van der Waals surface area contributed by atoms with Crippen LogP contribution in [0.3, 0.4) is 0 Å². The molecule has 0 aliphatic heterocycles. The van der Waals surface area contributed by atoms with Crippen LogP contribution >= 0.6 is 0 Å². The molecular formula is C18H24N2O. The summed E-state index contributed by atoms with van der Waals surface area (Å²) in [5.74, 6) is 6.57. The van der Waals surface area contributed by atoms with E-state index >= 15 is 0 Å². The highest BCUT2D eigenvalue weighted by Gasteiger charge is 2.33. The molecule has 0 radical (unpaired) electrons. The van der Waals surface area contributed by atoms with Crippen LogP contribution in [0.4, 0.5) is 0 Å². The summed E-state index contributed by atoms with van der Waals surface area (Å²) < 4.78 is 0. The van der Waals surface area contributed by atoms with Gasteiger partial charge in [-0.1, -0.05) is 37.8 Å². The minimum Gasteiger partial charge on any atom is -0.336 e. The lowest BCUT2D eigenvalue weighted by Crippen LogP contribution is -2.35. The van der Waals surface area contributed by atoms with Crippen molar-refractivity contribution in [1.29, 1.82) is 0 Å². The zero-order valence-electron chi connectivity index (χ0n) is 12.9. The molecule has 1 aromatic carbocycles. The van der Waals surface area contributed by atoms with Crippen LogP contribution in [0.25, 0.3) is 0 Å². The van der Waals surface area contributed by atoms with E-state index in [0.29, 0.717) is 24.1 Å². The first-order valence-electron chi connectivity index (χ1n) is 7.72. The summed E-state index contributed by atoms with van der Waals surface area (Å²) in [7, 11) is 0. The molecule has 1 aliphatic carbocycles. The Kier molecular flexibility index (Phi) is 5.41. The number of amides is 1. The Morgan fingerprint density at radius 1 is 1.38 bits per heavy atom. The van der Waals surface area contributed by atoms with Crippen LogP contribution in [0.15, 0.2) is 24.3 Å². The normalized spacial score (nSPS) is 13.7. The summed E-state index contributed by atoms with van der Waals surface area (Å²) in [6.07, 6.45) is 3.29. The fourth-order valence-electron chi connectivity index (χ4n) is 2.31. The molecule has 1 aliphatic rings.